The highest BCUT2D eigenvalue weighted by Gasteiger charge is 2.37. The normalized spacial score (nSPS) is 22.4. The van der Waals surface area contributed by atoms with Crippen LogP contribution >= 0.6 is 0 Å². The summed E-state index contributed by atoms with van der Waals surface area (Å²) in [6.45, 7) is 3.09. The van der Waals surface area contributed by atoms with Gasteiger partial charge in [-0.3, -0.25) is 0 Å². The van der Waals surface area contributed by atoms with Crippen molar-refractivity contribution in [2.45, 2.75) is 51.2 Å². The molecule has 0 aliphatic heterocycles. The molecule has 2 aromatic heterocycles. The van der Waals surface area contributed by atoms with Gasteiger partial charge in [-0.05, 0) is 25.3 Å². The van der Waals surface area contributed by atoms with E-state index in [1.165, 1.54) is 0 Å². The largest absolute Gasteiger partial charge is 0.469 e. The third-order valence-corrected chi connectivity index (χ3v) is 3.96. The Hall–Kier alpha value is -1.55. The van der Waals surface area contributed by atoms with E-state index < -0.39 is 5.60 Å². The Balaban J connectivity index is 1.89. The lowest BCUT2D eigenvalue weighted by atomic mass is 9.80. The van der Waals surface area contributed by atoms with E-state index in [0.717, 1.165) is 49.4 Å². The molecule has 0 saturated heterocycles. The van der Waals surface area contributed by atoms with Gasteiger partial charge in [0.15, 0.2) is 0 Å². The first-order valence-corrected chi connectivity index (χ1v) is 7.02. The minimum absolute atomic E-state index is 0.562. The molecule has 0 spiro atoms. The van der Waals surface area contributed by atoms with E-state index in [1.807, 2.05) is 18.5 Å². The second-order valence-electron chi connectivity index (χ2n) is 5.36. The first-order valence-electron chi connectivity index (χ1n) is 7.02. The summed E-state index contributed by atoms with van der Waals surface area (Å²) in [7, 11) is 0. The van der Waals surface area contributed by atoms with Gasteiger partial charge in [-0.1, -0.05) is 6.92 Å². The van der Waals surface area contributed by atoms with Crippen LogP contribution in [0.1, 0.15) is 43.3 Å². The Bertz CT molecular complexity index is 558. The summed E-state index contributed by atoms with van der Waals surface area (Å²) in [5.74, 6) is 1.89. The minimum atomic E-state index is -0.822. The van der Waals surface area contributed by atoms with Gasteiger partial charge >= 0.3 is 0 Å². The summed E-state index contributed by atoms with van der Waals surface area (Å²) in [6, 6.07) is 1.90. The SMILES string of the molecule is CCCn1ccnc1CC1(O)CCCc2occc21. The average Bonchev–Trinajstić information content (AvgIpc) is 3.00. The highest BCUT2D eigenvalue weighted by molar-refractivity contribution is 5.28. The lowest BCUT2D eigenvalue weighted by molar-refractivity contribution is 0.0142. The van der Waals surface area contributed by atoms with Gasteiger partial charge in [-0.15, -0.1) is 0 Å². The molecular weight excluding hydrogens is 240 g/mol. The fourth-order valence-corrected chi connectivity index (χ4v) is 3.02. The van der Waals surface area contributed by atoms with Gasteiger partial charge in [0.05, 0.1) is 6.26 Å². The predicted molar refractivity (Wildman–Crippen MR) is 71.8 cm³/mol. The Morgan fingerprint density at radius 3 is 3.26 bits per heavy atom. The van der Waals surface area contributed by atoms with Crippen molar-refractivity contribution >= 4 is 0 Å². The highest BCUT2D eigenvalue weighted by atomic mass is 16.3. The van der Waals surface area contributed by atoms with Crippen LogP contribution < -0.4 is 0 Å². The molecule has 0 fully saturated rings. The minimum Gasteiger partial charge on any atom is -0.469 e. The standard InChI is InChI=1S/C15H20N2O2/c1-2-8-17-9-7-16-14(17)11-15(18)6-3-4-13-12(15)5-10-19-13/h5,7,9-10,18H,2-4,6,8,11H2,1H3. The number of fused-ring (bicyclic) bond motifs is 1. The Kier molecular flexibility index (Phi) is 3.19. The van der Waals surface area contributed by atoms with Crippen LogP contribution in [-0.4, -0.2) is 14.7 Å². The molecule has 1 aliphatic carbocycles. The van der Waals surface area contributed by atoms with Crippen molar-refractivity contribution in [2.75, 3.05) is 0 Å². The molecule has 4 nitrogen and oxygen atoms in total. The molecule has 0 bridgehead atoms. The van der Waals surface area contributed by atoms with Crippen molar-refractivity contribution in [2.24, 2.45) is 0 Å². The van der Waals surface area contributed by atoms with E-state index >= 15 is 0 Å². The highest BCUT2D eigenvalue weighted by Crippen LogP contribution is 2.38. The molecule has 0 amide bonds. The predicted octanol–water partition coefficient (Wildman–Crippen LogP) is 2.65. The molecule has 2 aromatic rings. The molecule has 0 radical (unpaired) electrons. The maximum absolute atomic E-state index is 11.0. The Morgan fingerprint density at radius 2 is 2.42 bits per heavy atom. The van der Waals surface area contributed by atoms with Gasteiger partial charge < -0.3 is 14.1 Å². The van der Waals surface area contributed by atoms with Gasteiger partial charge in [0, 0.05) is 37.3 Å². The first-order chi connectivity index (χ1) is 9.23. The number of hydrogen-bond donors (Lipinski definition) is 1. The first kappa shape index (κ1) is 12.5. The number of nitrogens with zero attached hydrogens (tertiary/aromatic N) is 2. The molecule has 1 atom stereocenters. The van der Waals surface area contributed by atoms with Crippen LogP contribution in [0.25, 0.3) is 0 Å². The zero-order chi connectivity index (χ0) is 13.3. The number of imidazole rings is 1. The van der Waals surface area contributed by atoms with Gasteiger partial charge in [-0.25, -0.2) is 4.98 Å². The zero-order valence-corrected chi connectivity index (χ0v) is 11.3. The quantitative estimate of drug-likeness (QED) is 0.919. The van der Waals surface area contributed by atoms with Crippen LogP contribution in [0, 0.1) is 0 Å². The molecular formula is C15H20N2O2. The molecule has 2 heterocycles. The fourth-order valence-electron chi connectivity index (χ4n) is 3.02. The van der Waals surface area contributed by atoms with Crippen LogP contribution in [0.3, 0.4) is 0 Å². The Labute approximate surface area is 113 Å². The molecule has 1 unspecified atom stereocenters. The maximum Gasteiger partial charge on any atom is 0.111 e. The number of aryl methyl sites for hydroxylation is 2. The summed E-state index contributed by atoms with van der Waals surface area (Å²) in [4.78, 5) is 4.40. The second kappa shape index (κ2) is 4.85. The molecule has 3 rings (SSSR count). The maximum atomic E-state index is 11.0. The second-order valence-corrected chi connectivity index (χ2v) is 5.36. The monoisotopic (exact) mass is 260 g/mol. The van der Waals surface area contributed by atoms with Crippen molar-refractivity contribution in [3.63, 3.8) is 0 Å². The van der Waals surface area contributed by atoms with Crippen molar-refractivity contribution in [3.05, 3.63) is 41.9 Å². The summed E-state index contributed by atoms with van der Waals surface area (Å²) in [6.07, 6.45) is 9.78. The Morgan fingerprint density at radius 1 is 1.53 bits per heavy atom. The molecule has 19 heavy (non-hydrogen) atoms. The third kappa shape index (κ3) is 2.21. The van der Waals surface area contributed by atoms with E-state index in [-0.39, 0.29) is 0 Å². The summed E-state index contributed by atoms with van der Waals surface area (Å²) in [5, 5.41) is 11.0. The topological polar surface area (TPSA) is 51.2 Å². The summed E-state index contributed by atoms with van der Waals surface area (Å²) < 4.78 is 7.59. The number of rotatable bonds is 4. The smallest absolute Gasteiger partial charge is 0.111 e. The number of aromatic nitrogens is 2. The van der Waals surface area contributed by atoms with Gasteiger partial charge in [0.25, 0.3) is 0 Å². The lowest BCUT2D eigenvalue weighted by Gasteiger charge is -2.31. The van der Waals surface area contributed by atoms with Crippen LogP contribution in [0.2, 0.25) is 0 Å². The molecule has 0 saturated carbocycles. The average molecular weight is 260 g/mol. The molecule has 102 valence electrons. The van der Waals surface area contributed by atoms with Gasteiger partial charge in [0.1, 0.15) is 17.2 Å². The van der Waals surface area contributed by atoms with Crippen molar-refractivity contribution in [1.29, 1.82) is 0 Å². The molecule has 1 aliphatic rings. The van der Waals surface area contributed by atoms with Crippen LogP contribution in [0.5, 0.6) is 0 Å². The van der Waals surface area contributed by atoms with E-state index in [4.69, 9.17) is 4.42 Å². The zero-order valence-electron chi connectivity index (χ0n) is 11.3. The van der Waals surface area contributed by atoms with Crippen molar-refractivity contribution in [3.8, 4) is 0 Å². The van der Waals surface area contributed by atoms with E-state index in [2.05, 4.69) is 16.5 Å². The fraction of sp³-hybridized carbons (Fsp3) is 0.533. The van der Waals surface area contributed by atoms with E-state index in [9.17, 15) is 5.11 Å². The van der Waals surface area contributed by atoms with Crippen molar-refractivity contribution in [1.82, 2.24) is 9.55 Å². The van der Waals surface area contributed by atoms with E-state index in [0.29, 0.717) is 6.42 Å². The lowest BCUT2D eigenvalue weighted by Crippen LogP contribution is -2.33. The number of hydrogen-bond acceptors (Lipinski definition) is 3. The molecule has 4 heteroatoms. The summed E-state index contributed by atoms with van der Waals surface area (Å²) in [5.41, 5.74) is 0.127. The van der Waals surface area contributed by atoms with Gasteiger partial charge in [-0.2, -0.15) is 0 Å². The van der Waals surface area contributed by atoms with Crippen LogP contribution in [-0.2, 0) is 25.0 Å². The summed E-state index contributed by atoms with van der Waals surface area (Å²) >= 11 is 0. The molecule has 1 N–H and O–H groups in total. The van der Waals surface area contributed by atoms with Crippen molar-refractivity contribution < 1.29 is 9.52 Å². The third-order valence-electron chi connectivity index (χ3n) is 3.96. The number of furan rings is 1. The van der Waals surface area contributed by atoms with Crippen LogP contribution in [0.15, 0.2) is 29.1 Å². The van der Waals surface area contributed by atoms with E-state index in [1.54, 1.807) is 6.26 Å². The number of aliphatic hydroxyl groups is 1. The molecule has 0 aromatic carbocycles. The van der Waals surface area contributed by atoms with Crippen LogP contribution in [0.4, 0.5) is 0 Å². The van der Waals surface area contributed by atoms with Gasteiger partial charge in [0.2, 0.25) is 0 Å².